The Hall–Kier alpha value is -3.49. The van der Waals surface area contributed by atoms with Crippen molar-refractivity contribution >= 4 is 28.1 Å². The fourth-order valence-corrected chi connectivity index (χ4v) is 3.48. The molecule has 0 radical (unpaired) electrons. The first-order valence-electron chi connectivity index (χ1n) is 9.28. The van der Waals surface area contributed by atoms with Crippen LogP contribution in [0, 0.1) is 11.7 Å². The van der Waals surface area contributed by atoms with Crippen molar-refractivity contribution in [2.75, 3.05) is 11.9 Å². The van der Waals surface area contributed by atoms with E-state index in [0.29, 0.717) is 29.0 Å². The van der Waals surface area contributed by atoms with Gasteiger partial charge in [-0.1, -0.05) is 0 Å². The van der Waals surface area contributed by atoms with Crippen LogP contribution in [0.3, 0.4) is 0 Å². The summed E-state index contributed by atoms with van der Waals surface area (Å²) in [4.78, 5) is 12.0. The molecule has 1 aliphatic rings. The second-order valence-corrected chi connectivity index (χ2v) is 6.99. The van der Waals surface area contributed by atoms with Gasteiger partial charge in [0, 0.05) is 29.3 Å². The summed E-state index contributed by atoms with van der Waals surface area (Å²) in [7, 11) is 0. The van der Waals surface area contributed by atoms with Crippen molar-refractivity contribution in [1.82, 2.24) is 19.8 Å². The molecule has 1 fully saturated rings. The molecule has 2 N–H and O–H groups in total. The molecule has 9 heteroatoms. The molecule has 1 amide bonds. The number of amides is 1. The maximum Gasteiger partial charge on any atom is 0.231 e. The molecule has 2 atom stereocenters. The number of fused-ring (bicyclic) bond motifs is 2. The number of H-pyrrole nitrogens is 1. The molecule has 1 saturated carbocycles. The Kier molecular flexibility index (Phi) is 3.97. The number of nitrogens with zero attached hydrogens (tertiary/aromatic N) is 3. The van der Waals surface area contributed by atoms with Gasteiger partial charge in [-0.15, -0.1) is 0 Å². The molecule has 148 valence electrons. The Morgan fingerprint density at radius 3 is 3.00 bits per heavy atom. The quantitative estimate of drug-likeness (QED) is 0.538. The maximum absolute atomic E-state index is 14.6. The van der Waals surface area contributed by atoms with Crippen molar-refractivity contribution in [2.45, 2.75) is 19.5 Å². The predicted molar refractivity (Wildman–Crippen MR) is 103 cm³/mol. The van der Waals surface area contributed by atoms with E-state index < -0.39 is 17.9 Å². The summed E-state index contributed by atoms with van der Waals surface area (Å²) in [5.74, 6) is -0.952. The molecule has 3 heterocycles. The summed E-state index contributed by atoms with van der Waals surface area (Å²) < 4.78 is 34.9. The van der Waals surface area contributed by atoms with Gasteiger partial charge in [0.15, 0.2) is 17.4 Å². The van der Waals surface area contributed by atoms with Crippen molar-refractivity contribution in [3.05, 3.63) is 42.5 Å². The normalized spacial score (nSPS) is 18.3. The van der Waals surface area contributed by atoms with E-state index in [0.717, 1.165) is 10.9 Å². The third-order valence-electron chi connectivity index (χ3n) is 4.99. The average Bonchev–Trinajstić information content (AvgIpc) is 3.08. The number of carbonyl (C=O) groups excluding carboxylic acids is 1. The van der Waals surface area contributed by atoms with E-state index in [4.69, 9.17) is 4.74 Å². The van der Waals surface area contributed by atoms with E-state index in [1.165, 1.54) is 6.07 Å². The first kappa shape index (κ1) is 17.6. The number of benzene rings is 1. The van der Waals surface area contributed by atoms with Crippen LogP contribution in [0.2, 0.25) is 0 Å². The number of aromatic nitrogens is 4. The van der Waals surface area contributed by atoms with Crippen LogP contribution in [-0.2, 0) is 4.79 Å². The van der Waals surface area contributed by atoms with Crippen molar-refractivity contribution in [2.24, 2.45) is 5.92 Å². The van der Waals surface area contributed by atoms with Gasteiger partial charge < -0.3 is 10.1 Å². The molecule has 0 unspecified atom stereocenters. The Bertz CT molecular complexity index is 1250. The van der Waals surface area contributed by atoms with Crippen LogP contribution in [0.1, 0.15) is 13.3 Å². The number of ether oxygens (including phenoxy) is 1. The summed E-state index contributed by atoms with van der Waals surface area (Å²) in [5, 5.41) is 14.5. The number of hydrogen-bond donors (Lipinski definition) is 2. The standard InChI is InChI=1S/C20H17F2N5O2/c1-2-29-19-15(22)8-16-13(9-23-25-16)18(19)10-3-4-27-11(5-10)6-17(26-27)24-20(28)12-7-14(12)21/h3-6,8-9,12,14H,2,7H2,1H3,(H,23,25)(H,24,26,28)/t12-,14+/m1/s1. The minimum absolute atomic E-state index is 0.154. The van der Waals surface area contributed by atoms with Gasteiger partial charge in [0.25, 0.3) is 0 Å². The largest absolute Gasteiger partial charge is 0.490 e. The molecule has 1 aliphatic carbocycles. The van der Waals surface area contributed by atoms with E-state index in [1.54, 1.807) is 36.0 Å². The number of rotatable bonds is 5. The Morgan fingerprint density at radius 2 is 2.24 bits per heavy atom. The van der Waals surface area contributed by atoms with Gasteiger partial charge in [0.2, 0.25) is 5.91 Å². The van der Waals surface area contributed by atoms with Crippen LogP contribution in [0.4, 0.5) is 14.6 Å². The van der Waals surface area contributed by atoms with E-state index in [2.05, 4.69) is 20.6 Å². The minimum Gasteiger partial charge on any atom is -0.490 e. The first-order chi connectivity index (χ1) is 14.0. The summed E-state index contributed by atoms with van der Waals surface area (Å²) >= 11 is 0. The number of alkyl halides is 1. The number of anilines is 1. The highest BCUT2D eigenvalue weighted by Gasteiger charge is 2.43. The molecule has 7 nitrogen and oxygen atoms in total. The molecule has 0 spiro atoms. The smallest absolute Gasteiger partial charge is 0.231 e. The van der Waals surface area contributed by atoms with Gasteiger partial charge >= 0.3 is 0 Å². The lowest BCUT2D eigenvalue weighted by Gasteiger charge is -2.13. The number of aromatic amines is 1. The van der Waals surface area contributed by atoms with Gasteiger partial charge in [-0.3, -0.25) is 9.89 Å². The molecule has 1 aromatic carbocycles. The second-order valence-electron chi connectivity index (χ2n) is 6.99. The zero-order valence-corrected chi connectivity index (χ0v) is 15.4. The minimum atomic E-state index is -1.07. The van der Waals surface area contributed by atoms with Crippen LogP contribution in [0.25, 0.3) is 27.5 Å². The van der Waals surface area contributed by atoms with Gasteiger partial charge in [-0.25, -0.2) is 13.3 Å². The predicted octanol–water partition coefficient (Wildman–Crippen LogP) is 3.71. The van der Waals surface area contributed by atoms with E-state index in [1.807, 2.05) is 6.07 Å². The van der Waals surface area contributed by atoms with E-state index in [9.17, 15) is 13.6 Å². The van der Waals surface area contributed by atoms with Crippen LogP contribution < -0.4 is 10.1 Å². The van der Waals surface area contributed by atoms with Crippen LogP contribution in [0.15, 0.2) is 36.7 Å². The molecule has 0 bridgehead atoms. The summed E-state index contributed by atoms with van der Waals surface area (Å²) in [6, 6.07) is 6.65. The topological polar surface area (TPSA) is 84.3 Å². The van der Waals surface area contributed by atoms with Crippen molar-refractivity contribution in [3.63, 3.8) is 0 Å². The average molecular weight is 397 g/mol. The molecule has 29 heavy (non-hydrogen) atoms. The van der Waals surface area contributed by atoms with Crippen LogP contribution in [0.5, 0.6) is 5.75 Å². The Balaban J connectivity index is 1.58. The monoisotopic (exact) mass is 397 g/mol. The van der Waals surface area contributed by atoms with Gasteiger partial charge in [-0.05, 0) is 31.0 Å². The lowest BCUT2D eigenvalue weighted by Crippen LogP contribution is -2.15. The Morgan fingerprint density at radius 1 is 1.41 bits per heavy atom. The molecular formula is C20H17F2N5O2. The molecule has 0 saturated heterocycles. The zero-order chi connectivity index (χ0) is 20.1. The summed E-state index contributed by atoms with van der Waals surface area (Å²) in [6.45, 7) is 2.11. The molecule has 5 rings (SSSR count). The SMILES string of the molecule is CCOc1c(F)cc2[nH]ncc2c1-c1ccn2nc(NC(=O)[C@@H]3C[C@@H]3F)cc2c1. The number of pyridine rings is 1. The summed E-state index contributed by atoms with van der Waals surface area (Å²) in [5.41, 5.74) is 2.56. The fourth-order valence-electron chi connectivity index (χ4n) is 3.48. The van der Waals surface area contributed by atoms with E-state index in [-0.39, 0.29) is 18.1 Å². The van der Waals surface area contributed by atoms with Gasteiger partial charge in [0.05, 0.1) is 29.8 Å². The first-order valence-corrected chi connectivity index (χ1v) is 9.28. The van der Waals surface area contributed by atoms with Gasteiger partial charge in [0.1, 0.15) is 6.17 Å². The lowest BCUT2D eigenvalue weighted by atomic mass is 10.0. The highest BCUT2D eigenvalue weighted by molar-refractivity contribution is 5.99. The third-order valence-corrected chi connectivity index (χ3v) is 4.99. The highest BCUT2D eigenvalue weighted by atomic mass is 19.1. The third kappa shape index (κ3) is 2.98. The van der Waals surface area contributed by atoms with Crippen molar-refractivity contribution in [3.8, 4) is 16.9 Å². The highest BCUT2D eigenvalue weighted by Crippen LogP contribution is 2.39. The summed E-state index contributed by atoms with van der Waals surface area (Å²) in [6.07, 6.45) is 2.52. The van der Waals surface area contributed by atoms with Crippen molar-refractivity contribution in [1.29, 1.82) is 0 Å². The molecule has 3 aromatic heterocycles. The van der Waals surface area contributed by atoms with Crippen molar-refractivity contribution < 1.29 is 18.3 Å². The fraction of sp³-hybridized carbons (Fsp3) is 0.250. The maximum atomic E-state index is 14.6. The number of nitrogens with one attached hydrogen (secondary N) is 2. The molecular weight excluding hydrogens is 380 g/mol. The number of halogens is 2. The van der Waals surface area contributed by atoms with Crippen LogP contribution >= 0.6 is 0 Å². The Labute approximate surface area is 163 Å². The molecule has 4 aromatic rings. The number of hydrogen-bond acceptors (Lipinski definition) is 4. The second kappa shape index (κ2) is 6.54. The van der Waals surface area contributed by atoms with E-state index >= 15 is 0 Å². The number of carbonyl (C=O) groups is 1. The molecule has 0 aliphatic heterocycles. The van der Waals surface area contributed by atoms with Gasteiger partial charge in [-0.2, -0.15) is 10.2 Å². The zero-order valence-electron chi connectivity index (χ0n) is 15.4. The van der Waals surface area contributed by atoms with Crippen LogP contribution in [-0.4, -0.2) is 38.5 Å². The lowest BCUT2D eigenvalue weighted by molar-refractivity contribution is -0.117.